The summed E-state index contributed by atoms with van der Waals surface area (Å²) in [5.41, 5.74) is 4.68. The Labute approximate surface area is 156 Å². The molecular formula is C21H19N5O. The third-order valence-corrected chi connectivity index (χ3v) is 4.17. The number of benzene rings is 2. The van der Waals surface area contributed by atoms with E-state index in [1.807, 2.05) is 67.7 Å². The third-order valence-electron chi connectivity index (χ3n) is 4.17. The highest BCUT2D eigenvalue weighted by Gasteiger charge is 2.03. The van der Waals surface area contributed by atoms with Crippen LogP contribution < -0.4 is 5.32 Å². The van der Waals surface area contributed by atoms with E-state index in [0.29, 0.717) is 12.2 Å². The highest BCUT2D eigenvalue weighted by atomic mass is 16.1. The fourth-order valence-corrected chi connectivity index (χ4v) is 2.94. The van der Waals surface area contributed by atoms with Gasteiger partial charge in [0.2, 0.25) is 5.91 Å². The Morgan fingerprint density at radius 1 is 1.19 bits per heavy atom. The summed E-state index contributed by atoms with van der Waals surface area (Å²) >= 11 is 0. The van der Waals surface area contributed by atoms with Crippen LogP contribution in [0.3, 0.4) is 0 Å². The molecule has 0 fully saturated rings. The van der Waals surface area contributed by atoms with Gasteiger partial charge in [-0.15, -0.1) is 5.10 Å². The molecule has 0 radical (unpaired) electrons. The van der Waals surface area contributed by atoms with E-state index in [1.54, 1.807) is 10.8 Å². The van der Waals surface area contributed by atoms with Gasteiger partial charge in [0.25, 0.3) is 0 Å². The zero-order valence-electron chi connectivity index (χ0n) is 14.9. The Kier molecular flexibility index (Phi) is 4.53. The van der Waals surface area contributed by atoms with Gasteiger partial charge in [0.05, 0.1) is 12.7 Å². The van der Waals surface area contributed by atoms with Crippen LogP contribution in [0.2, 0.25) is 0 Å². The first-order chi connectivity index (χ1) is 13.2. The van der Waals surface area contributed by atoms with Gasteiger partial charge in [0.15, 0.2) is 0 Å². The molecule has 0 aliphatic rings. The van der Waals surface area contributed by atoms with Crippen LogP contribution in [0, 0.1) is 6.92 Å². The Morgan fingerprint density at radius 2 is 2.04 bits per heavy atom. The molecule has 134 valence electrons. The minimum Gasteiger partial charge on any atom is -0.359 e. The minimum atomic E-state index is -0.209. The third kappa shape index (κ3) is 4.12. The molecule has 6 heteroatoms. The number of fused-ring (bicyclic) bond motifs is 1. The lowest BCUT2D eigenvalue weighted by Crippen LogP contribution is -2.07. The van der Waals surface area contributed by atoms with Crippen molar-refractivity contribution in [2.75, 3.05) is 5.32 Å². The number of amides is 1. The van der Waals surface area contributed by atoms with E-state index in [1.165, 1.54) is 6.08 Å². The van der Waals surface area contributed by atoms with Crippen LogP contribution in [-0.4, -0.2) is 25.9 Å². The average molecular weight is 357 g/mol. The maximum absolute atomic E-state index is 12.2. The lowest BCUT2D eigenvalue weighted by atomic mass is 10.2. The van der Waals surface area contributed by atoms with Crippen LogP contribution >= 0.6 is 0 Å². The van der Waals surface area contributed by atoms with Gasteiger partial charge in [0.1, 0.15) is 5.69 Å². The first-order valence-electron chi connectivity index (χ1n) is 8.68. The lowest BCUT2D eigenvalue weighted by molar-refractivity contribution is -0.111. The molecule has 6 nitrogen and oxygen atoms in total. The van der Waals surface area contributed by atoms with Crippen LogP contribution in [-0.2, 0) is 11.3 Å². The number of hydrogen-bond donors (Lipinski definition) is 2. The standard InChI is InChI=1S/C21H19N5O/c1-15-11-17-12-18(7-9-20(17)22-15)23-21(27)10-8-19-14-26(25-24-19)13-16-5-3-2-4-6-16/h2-12,14,22H,13H2,1H3,(H,23,27)/b10-8-. The van der Waals surface area contributed by atoms with E-state index >= 15 is 0 Å². The van der Waals surface area contributed by atoms with Crippen LogP contribution in [0.15, 0.2) is 66.9 Å². The van der Waals surface area contributed by atoms with E-state index < -0.39 is 0 Å². The van der Waals surface area contributed by atoms with Crippen molar-refractivity contribution in [1.29, 1.82) is 0 Å². The molecule has 2 aromatic carbocycles. The number of nitrogens with zero attached hydrogens (tertiary/aromatic N) is 3. The molecule has 27 heavy (non-hydrogen) atoms. The maximum Gasteiger partial charge on any atom is 0.248 e. The number of nitrogens with one attached hydrogen (secondary N) is 2. The molecule has 0 spiro atoms. The van der Waals surface area contributed by atoms with Gasteiger partial charge in [-0.25, -0.2) is 4.68 Å². The van der Waals surface area contributed by atoms with Crippen LogP contribution in [0.5, 0.6) is 0 Å². The van der Waals surface area contributed by atoms with Crippen molar-refractivity contribution in [3.8, 4) is 0 Å². The number of hydrogen-bond acceptors (Lipinski definition) is 3. The van der Waals surface area contributed by atoms with Gasteiger partial charge in [0, 0.05) is 28.4 Å². The summed E-state index contributed by atoms with van der Waals surface area (Å²) in [7, 11) is 0. The van der Waals surface area contributed by atoms with Crippen molar-refractivity contribution in [3.63, 3.8) is 0 Å². The Hall–Kier alpha value is -3.67. The quantitative estimate of drug-likeness (QED) is 0.534. The van der Waals surface area contributed by atoms with Gasteiger partial charge in [-0.05, 0) is 42.8 Å². The van der Waals surface area contributed by atoms with Gasteiger partial charge < -0.3 is 10.3 Å². The fourth-order valence-electron chi connectivity index (χ4n) is 2.94. The van der Waals surface area contributed by atoms with Crippen molar-refractivity contribution in [3.05, 3.63) is 83.8 Å². The summed E-state index contributed by atoms with van der Waals surface area (Å²) in [5.74, 6) is -0.209. The topological polar surface area (TPSA) is 75.6 Å². The summed E-state index contributed by atoms with van der Waals surface area (Å²) in [4.78, 5) is 15.4. The van der Waals surface area contributed by atoms with Gasteiger partial charge >= 0.3 is 0 Å². The van der Waals surface area contributed by atoms with Crippen molar-refractivity contribution in [2.24, 2.45) is 0 Å². The first-order valence-corrected chi connectivity index (χ1v) is 8.68. The van der Waals surface area contributed by atoms with Crippen LogP contribution in [0.4, 0.5) is 5.69 Å². The molecular weight excluding hydrogens is 338 g/mol. The Balaban J connectivity index is 1.39. The molecule has 2 heterocycles. The molecule has 4 rings (SSSR count). The van der Waals surface area contributed by atoms with E-state index in [2.05, 4.69) is 20.6 Å². The largest absolute Gasteiger partial charge is 0.359 e. The molecule has 0 saturated heterocycles. The number of aromatic nitrogens is 4. The highest BCUT2D eigenvalue weighted by Crippen LogP contribution is 2.19. The van der Waals surface area contributed by atoms with Crippen molar-refractivity contribution in [2.45, 2.75) is 13.5 Å². The fraction of sp³-hybridized carbons (Fsp3) is 0.0952. The van der Waals surface area contributed by atoms with E-state index in [9.17, 15) is 4.79 Å². The summed E-state index contributed by atoms with van der Waals surface area (Å²) in [5, 5.41) is 12.1. The molecule has 0 bridgehead atoms. The summed E-state index contributed by atoms with van der Waals surface area (Å²) in [6.45, 7) is 2.65. The summed E-state index contributed by atoms with van der Waals surface area (Å²) in [6, 6.07) is 17.9. The molecule has 0 aliphatic carbocycles. The number of H-pyrrole nitrogens is 1. The predicted molar refractivity (Wildman–Crippen MR) is 106 cm³/mol. The zero-order valence-corrected chi connectivity index (χ0v) is 14.9. The predicted octanol–water partition coefficient (Wildman–Crippen LogP) is 3.77. The maximum atomic E-state index is 12.2. The van der Waals surface area contributed by atoms with Crippen LogP contribution in [0.1, 0.15) is 17.0 Å². The molecule has 2 N–H and O–H groups in total. The second kappa shape index (κ2) is 7.29. The smallest absolute Gasteiger partial charge is 0.248 e. The van der Waals surface area contributed by atoms with Gasteiger partial charge in [-0.3, -0.25) is 4.79 Å². The van der Waals surface area contributed by atoms with E-state index in [0.717, 1.165) is 27.8 Å². The molecule has 4 aromatic rings. The number of rotatable bonds is 5. The zero-order chi connectivity index (χ0) is 18.6. The van der Waals surface area contributed by atoms with E-state index in [-0.39, 0.29) is 5.91 Å². The second-order valence-corrected chi connectivity index (χ2v) is 6.40. The molecule has 0 saturated carbocycles. The summed E-state index contributed by atoms with van der Waals surface area (Å²) in [6.07, 6.45) is 4.93. The number of aryl methyl sites for hydroxylation is 1. The van der Waals surface area contributed by atoms with Crippen molar-refractivity contribution < 1.29 is 4.79 Å². The van der Waals surface area contributed by atoms with E-state index in [4.69, 9.17) is 0 Å². The number of anilines is 1. The molecule has 1 amide bonds. The monoisotopic (exact) mass is 357 g/mol. The molecule has 0 unspecified atom stereocenters. The van der Waals surface area contributed by atoms with Crippen LogP contribution in [0.25, 0.3) is 17.0 Å². The molecule has 0 atom stereocenters. The van der Waals surface area contributed by atoms with Gasteiger partial charge in [-0.2, -0.15) is 0 Å². The number of carbonyl (C=O) groups is 1. The average Bonchev–Trinajstić information content (AvgIpc) is 3.26. The molecule has 2 aromatic heterocycles. The summed E-state index contributed by atoms with van der Waals surface area (Å²) < 4.78 is 1.75. The number of aromatic amines is 1. The number of carbonyl (C=O) groups excluding carboxylic acids is 1. The normalized spacial score (nSPS) is 11.3. The Bertz CT molecular complexity index is 1110. The van der Waals surface area contributed by atoms with Crippen molar-refractivity contribution >= 4 is 28.6 Å². The molecule has 0 aliphatic heterocycles. The Morgan fingerprint density at radius 3 is 2.89 bits per heavy atom. The minimum absolute atomic E-state index is 0.209. The highest BCUT2D eigenvalue weighted by molar-refractivity contribution is 6.02. The second-order valence-electron chi connectivity index (χ2n) is 6.40. The SMILES string of the molecule is Cc1cc2cc(NC(=O)/C=C\c3cn(Cc4ccccc4)nn3)ccc2[nH]1. The first kappa shape index (κ1) is 16.8. The van der Waals surface area contributed by atoms with Gasteiger partial charge in [-0.1, -0.05) is 35.5 Å². The lowest BCUT2D eigenvalue weighted by Gasteiger charge is -2.01. The van der Waals surface area contributed by atoms with Crippen molar-refractivity contribution in [1.82, 2.24) is 20.0 Å².